The van der Waals surface area contributed by atoms with Crippen LogP contribution in [0, 0.1) is 0 Å². The van der Waals surface area contributed by atoms with Crippen molar-refractivity contribution in [2.75, 3.05) is 36.0 Å². The first-order valence-corrected chi connectivity index (χ1v) is 23.7. The van der Waals surface area contributed by atoms with Gasteiger partial charge in [0.25, 0.3) is 5.56 Å². The number of fused-ring (bicyclic) bond motifs is 2. The molecule has 14 nitrogen and oxygen atoms in total. The Morgan fingerprint density at radius 2 is 1.36 bits per heavy atom. The van der Waals surface area contributed by atoms with Crippen molar-refractivity contribution in [1.82, 2.24) is 4.57 Å². The molecule has 1 aliphatic heterocycles. The molecule has 58 heavy (non-hydrogen) atoms. The Kier molecular flexibility index (Phi) is 20.4. The van der Waals surface area contributed by atoms with Crippen LogP contribution >= 0.6 is 0 Å². The van der Waals surface area contributed by atoms with E-state index in [1.165, 1.54) is 28.9 Å². The minimum absolute atomic E-state index is 0. The maximum atomic E-state index is 14.3. The molecule has 0 unspecified atom stereocenters. The van der Waals surface area contributed by atoms with Crippen LogP contribution in [-0.2, 0) is 42.3 Å². The number of anilines is 1. The largest absolute Gasteiger partial charge is 1.00 e. The quantitative estimate of drug-likeness (QED) is 0.0587. The fraction of sp³-hybridized carbons (Fsp3) is 0.538. The van der Waals surface area contributed by atoms with Crippen molar-refractivity contribution < 1.29 is 108 Å². The number of nitrogens with zero attached hydrogens (tertiary/aromatic N) is 3. The van der Waals surface area contributed by atoms with Gasteiger partial charge in [-0.15, -0.1) is 0 Å². The number of unbranched alkanes of at least 4 members (excludes halogenated alkanes) is 6. The molecule has 0 spiro atoms. The van der Waals surface area contributed by atoms with Gasteiger partial charge >= 0.3 is 59.1 Å². The molecule has 1 aromatic heterocycles. The number of hydrogen-bond acceptors (Lipinski definition) is 12. The molecule has 0 fully saturated rings. The van der Waals surface area contributed by atoms with Gasteiger partial charge in [0.05, 0.1) is 41.6 Å². The number of benzene rings is 2. The van der Waals surface area contributed by atoms with Crippen molar-refractivity contribution in [3.05, 3.63) is 64.0 Å². The van der Waals surface area contributed by atoms with E-state index in [0.717, 1.165) is 76.2 Å². The third-order valence-electron chi connectivity index (χ3n) is 10.3. The predicted molar refractivity (Wildman–Crippen MR) is 215 cm³/mol. The summed E-state index contributed by atoms with van der Waals surface area (Å²) in [5, 5.41) is 12.0. The van der Waals surface area contributed by atoms with E-state index < -0.39 is 57.7 Å². The standard InChI is InChI=1S/C39H55N3O11S3.2Na/c1-5-7-9-11-21-40(22-12-10-8-6-2)29-15-17-31-35(27-29)42(24-14-26-55(48,49)50)38(44)32(37(31)43)18-20-36-39(3,4)33-28-30(56(51,52)53)16-19-34(33)41(36)23-13-25-54(45,46)47;;/h15-20,27-28H,5-14,21-26H2,1-4H3,(H3,45,46,47,48,49,50,51,52,53);;/q;2*+1/p-2. The molecule has 3 aromatic rings. The number of aromatic hydroxyl groups is 1. The second-order valence-electron chi connectivity index (χ2n) is 14.9. The van der Waals surface area contributed by atoms with E-state index in [0.29, 0.717) is 27.9 Å². The number of aromatic nitrogens is 1. The van der Waals surface area contributed by atoms with Crippen LogP contribution in [0.15, 0.2) is 52.2 Å². The Hall–Kier alpha value is -1.61. The topological polar surface area (TPSA) is 220 Å². The van der Waals surface area contributed by atoms with Crippen LogP contribution < -0.4 is 69.6 Å². The molecule has 0 saturated carbocycles. The van der Waals surface area contributed by atoms with Crippen molar-refractivity contribution >= 4 is 64.4 Å². The molecule has 1 N–H and O–H groups in total. The van der Waals surface area contributed by atoms with Gasteiger partial charge in [0.15, 0.2) is 5.71 Å². The summed E-state index contributed by atoms with van der Waals surface area (Å²) in [5.41, 5.74) is 0.752. The zero-order chi connectivity index (χ0) is 41.5. The van der Waals surface area contributed by atoms with Gasteiger partial charge in [-0.3, -0.25) is 4.79 Å². The zero-order valence-electron chi connectivity index (χ0n) is 34.5. The van der Waals surface area contributed by atoms with Gasteiger partial charge in [-0.25, -0.2) is 25.3 Å². The predicted octanol–water partition coefficient (Wildman–Crippen LogP) is -0.454. The number of hydrogen-bond donors (Lipinski definition) is 1. The first-order valence-electron chi connectivity index (χ1n) is 19.1. The molecule has 4 rings (SSSR count). The first-order chi connectivity index (χ1) is 26.2. The second kappa shape index (κ2) is 22.5. The Morgan fingerprint density at radius 1 is 0.776 bits per heavy atom. The molecular weight excluding hydrogens is 829 g/mol. The second-order valence-corrected chi connectivity index (χ2v) is 19.3. The number of rotatable bonds is 22. The summed E-state index contributed by atoms with van der Waals surface area (Å²) >= 11 is 0. The summed E-state index contributed by atoms with van der Waals surface area (Å²) in [6.07, 6.45) is 11.1. The molecule has 0 aliphatic carbocycles. The van der Waals surface area contributed by atoms with Gasteiger partial charge in [0.1, 0.15) is 22.4 Å². The van der Waals surface area contributed by atoms with Crippen molar-refractivity contribution in [3.63, 3.8) is 0 Å². The molecule has 1 aliphatic rings. The summed E-state index contributed by atoms with van der Waals surface area (Å²) in [7, 11) is -14.0. The summed E-state index contributed by atoms with van der Waals surface area (Å²) in [5.74, 6) is -1.71. The Morgan fingerprint density at radius 3 is 1.91 bits per heavy atom. The number of allylic oxidation sites excluding steroid dienone is 1. The normalized spacial score (nSPS) is 14.1. The SMILES string of the molecule is CCCCCCN(CCCCCC)c1ccc2c(O)c(/C=C/C3=[N+](CCCS(=O)(=O)[O-])c4ccc(S(=O)(=O)[O-])cc4C3(C)C)c(=O)n(CCCS(=O)(=O)[O-])c2c1.[Na+].[Na+]. The average Bonchev–Trinajstić information content (AvgIpc) is 3.31. The molecule has 2 aromatic carbocycles. The van der Waals surface area contributed by atoms with E-state index in [-0.39, 0.29) is 96.4 Å². The van der Waals surface area contributed by atoms with Crippen LogP contribution in [0.4, 0.5) is 11.4 Å². The smallest absolute Gasteiger partial charge is 0.748 e. The Bertz CT molecular complexity index is 2350. The van der Waals surface area contributed by atoms with Crippen LogP contribution in [0.2, 0.25) is 0 Å². The van der Waals surface area contributed by atoms with Gasteiger partial charge in [-0.2, -0.15) is 4.58 Å². The maximum absolute atomic E-state index is 14.3. The molecule has 0 saturated heterocycles. The van der Waals surface area contributed by atoms with Gasteiger partial charge in [-0.05, 0) is 69.5 Å². The molecule has 0 radical (unpaired) electrons. The fourth-order valence-corrected chi connectivity index (χ4v) is 8.82. The first kappa shape index (κ1) is 52.5. The summed E-state index contributed by atoms with van der Waals surface area (Å²) < 4.78 is 108. The Labute approximate surface area is 387 Å². The average molecular weight is 882 g/mol. The van der Waals surface area contributed by atoms with Gasteiger partial charge < -0.3 is 28.2 Å². The summed E-state index contributed by atoms with van der Waals surface area (Å²) in [6.45, 7) is 9.24. The minimum atomic E-state index is -4.83. The van der Waals surface area contributed by atoms with E-state index >= 15 is 0 Å². The van der Waals surface area contributed by atoms with Crippen LogP contribution in [0.1, 0.15) is 103 Å². The van der Waals surface area contributed by atoms with E-state index in [1.807, 2.05) is 12.1 Å². The van der Waals surface area contributed by atoms with Crippen molar-refractivity contribution in [1.29, 1.82) is 0 Å². The van der Waals surface area contributed by atoms with Crippen LogP contribution in [0.3, 0.4) is 0 Å². The van der Waals surface area contributed by atoms with Crippen LogP contribution in [0.25, 0.3) is 17.0 Å². The number of aryl methyl sites for hydroxylation is 1. The molecule has 19 heteroatoms. The third kappa shape index (κ3) is 14.0. The monoisotopic (exact) mass is 881 g/mol. The van der Waals surface area contributed by atoms with Crippen molar-refractivity contribution in [2.45, 2.75) is 109 Å². The molecule has 0 bridgehead atoms. The van der Waals surface area contributed by atoms with Crippen LogP contribution in [0.5, 0.6) is 5.75 Å². The van der Waals surface area contributed by atoms with Crippen LogP contribution in [-0.4, -0.2) is 90.0 Å². The van der Waals surface area contributed by atoms with E-state index in [2.05, 4.69) is 18.7 Å². The molecule has 310 valence electrons. The van der Waals surface area contributed by atoms with Gasteiger partial charge in [-0.1, -0.05) is 52.4 Å². The van der Waals surface area contributed by atoms with E-state index in [4.69, 9.17) is 0 Å². The van der Waals surface area contributed by atoms with Crippen molar-refractivity contribution in [3.8, 4) is 5.75 Å². The minimum Gasteiger partial charge on any atom is -0.748 e. The van der Waals surface area contributed by atoms with Crippen molar-refractivity contribution in [2.24, 2.45) is 0 Å². The van der Waals surface area contributed by atoms with Gasteiger partial charge in [0, 0.05) is 66.3 Å². The molecule has 2 heterocycles. The van der Waals surface area contributed by atoms with E-state index in [9.17, 15) is 48.8 Å². The molecule has 0 atom stereocenters. The number of pyridine rings is 1. The molecule has 0 amide bonds. The van der Waals surface area contributed by atoms with E-state index in [1.54, 1.807) is 24.5 Å². The Balaban J connectivity index is 0.00000580. The zero-order valence-corrected chi connectivity index (χ0v) is 41.0. The summed E-state index contributed by atoms with van der Waals surface area (Å²) in [6, 6.07) is 9.22. The third-order valence-corrected chi connectivity index (χ3v) is 12.7. The summed E-state index contributed by atoms with van der Waals surface area (Å²) in [4.78, 5) is 16.1. The van der Waals surface area contributed by atoms with Gasteiger partial charge in [0.2, 0.25) is 5.69 Å². The maximum Gasteiger partial charge on any atom is 1.00 e. The fourth-order valence-electron chi connectivity index (χ4n) is 7.35. The molecular formula is C39H53N3Na2O11S3.